The third-order valence-corrected chi connectivity index (χ3v) is 2.55. The first-order chi connectivity index (χ1) is 8.00. The predicted octanol–water partition coefficient (Wildman–Crippen LogP) is -0.329. The van der Waals surface area contributed by atoms with E-state index in [-0.39, 0.29) is 25.5 Å². The van der Waals surface area contributed by atoms with E-state index < -0.39 is 5.54 Å². The molecule has 0 atom stereocenters. The van der Waals surface area contributed by atoms with Crippen molar-refractivity contribution in [1.82, 2.24) is 5.32 Å². The number of aliphatic hydroxyl groups excluding tert-OH is 2. The van der Waals surface area contributed by atoms with Gasteiger partial charge in [-0.3, -0.25) is 4.79 Å². The van der Waals surface area contributed by atoms with Crippen molar-refractivity contribution in [3.05, 3.63) is 29.8 Å². The van der Waals surface area contributed by atoms with E-state index in [9.17, 15) is 4.79 Å². The Balaban J connectivity index is 2.65. The normalized spacial score (nSPS) is 11.2. The van der Waals surface area contributed by atoms with Gasteiger partial charge in [-0.05, 0) is 18.6 Å². The Morgan fingerprint density at radius 1 is 1.35 bits per heavy atom. The topological polar surface area (TPSA) is 95.6 Å². The van der Waals surface area contributed by atoms with Crippen LogP contribution in [0.25, 0.3) is 0 Å². The lowest BCUT2D eigenvalue weighted by molar-refractivity contribution is -0.123. The van der Waals surface area contributed by atoms with E-state index in [4.69, 9.17) is 15.9 Å². The molecule has 94 valence electrons. The fourth-order valence-electron chi connectivity index (χ4n) is 1.38. The Labute approximate surface area is 100 Å². The van der Waals surface area contributed by atoms with Gasteiger partial charge in [0.15, 0.2) is 0 Å². The lowest BCUT2D eigenvalue weighted by atomic mass is 10.0. The van der Waals surface area contributed by atoms with Crippen molar-refractivity contribution < 1.29 is 15.0 Å². The zero-order valence-electron chi connectivity index (χ0n) is 9.81. The highest BCUT2D eigenvalue weighted by Crippen LogP contribution is 2.11. The predicted molar refractivity (Wildman–Crippen MR) is 65.3 cm³/mol. The molecule has 1 aromatic carbocycles. The molecule has 0 bridgehead atoms. The van der Waals surface area contributed by atoms with Gasteiger partial charge in [0.1, 0.15) is 0 Å². The van der Waals surface area contributed by atoms with E-state index in [1.165, 1.54) is 0 Å². The van der Waals surface area contributed by atoms with Crippen LogP contribution >= 0.6 is 0 Å². The van der Waals surface area contributed by atoms with Crippen LogP contribution in [0.5, 0.6) is 0 Å². The Hall–Kier alpha value is -1.59. The van der Waals surface area contributed by atoms with Crippen molar-refractivity contribution in [2.75, 3.05) is 18.9 Å². The van der Waals surface area contributed by atoms with Crippen LogP contribution in [0.2, 0.25) is 0 Å². The number of benzene rings is 1. The van der Waals surface area contributed by atoms with Crippen molar-refractivity contribution >= 4 is 11.6 Å². The molecule has 0 aliphatic rings. The SMILES string of the molecule is CC(CO)(CO)NC(=O)Cc1ccccc1N. The number of aliphatic hydroxyl groups is 2. The molecule has 0 radical (unpaired) electrons. The maximum atomic E-state index is 11.7. The summed E-state index contributed by atoms with van der Waals surface area (Å²) in [5, 5.41) is 20.7. The number of hydrogen-bond acceptors (Lipinski definition) is 4. The van der Waals surface area contributed by atoms with Gasteiger partial charge in [0, 0.05) is 5.69 Å². The molecule has 0 aromatic heterocycles. The molecule has 5 N–H and O–H groups in total. The Bertz CT molecular complexity index is 389. The molecule has 0 unspecified atom stereocenters. The van der Waals surface area contributed by atoms with Gasteiger partial charge in [0.2, 0.25) is 5.91 Å². The molecular weight excluding hydrogens is 220 g/mol. The molecule has 0 saturated heterocycles. The average molecular weight is 238 g/mol. The number of carbonyl (C=O) groups is 1. The first-order valence-electron chi connectivity index (χ1n) is 5.37. The fraction of sp³-hybridized carbons (Fsp3) is 0.417. The van der Waals surface area contributed by atoms with Gasteiger partial charge in [-0.1, -0.05) is 18.2 Å². The summed E-state index contributed by atoms with van der Waals surface area (Å²) in [4.78, 5) is 11.7. The van der Waals surface area contributed by atoms with Gasteiger partial charge < -0.3 is 21.3 Å². The first-order valence-corrected chi connectivity index (χ1v) is 5.37. The minimum atomic E-state index is -0.999. The zero-order valence-corrected chi connectivity index (χ0v) is 9.81. The van der Waals surface area contributed by atoms with Crippen LogP contribution in [0.4, 0.5) is 5.69 Å². The molecule has 0 heterocycles. The number of carbonyl (C=O) groups excluding carboxylic acids is 1. The standard InChI is InChI=1S/C12H18N2O3/c1-12(7-15,8-16)14-11(17)6-9-4-2-3-5-10(9)13/h2-5,15-16H,6-8,13H2,1H3,(H,14,17). The number of amides is 1. The van der Waals surface area contributed by atoms with Crippen LogP contribution in [-0.2, 0) is 11.2 Å². The molecule has 0 fully saturated rings. The molecule has 0 aliphatic carbocycles. The maximum Gasteiger partial charge on any atom is 0.225 e. The van der Waals surface area contributed by atoms with Gasteiger partial charge >= 0.3 is 0 Å². The van der Waals surface area contributed by atoms with Crippen molar-refractivity contribution in [3.8, 4) is 0 Å². The van der Waals surface area contributed by atoms with Gasteiger partial charge in [-0.15, -0.1) is 0 Å². The monoisotopic (exact) mass is 238 g/mol. The summed E-state index contributed by atoms with van der Waals surface area (Å²) in [7, 11) is 0. The smallest absolute Gasteiger partial charge is 0.225 e. The Kier molecular flexibility index (Phi) is 4.48. The molecule has 0 spiro atoms. The Morgan fingerprint density at radius 2 is 1.94 bits per heavy atom. The van der Waals surface area contributed by atoms with Gasteiger partial charge in [-0.25, -0.2) is 0 Å². The quantitative estimate of drug-likeness (QED) is 0.528. The first kappa shape index (κ1) is 13.5. The molecule has 1 rings (SSSR count). The van der Waals surface area contributed by atoms with Crippen LogP contribution in [0.15, 0.2) is 24.3 Å². The fourth-order valence-corrected chi connectivity index (χ4v) is 1.38. The second kappa shape index (κ2) is 5.65. The summed E-state index contributed by atoms with van der Waals surface area (Å²) in [5.74, 6) is -0.284. The minimum Gasteiger partial charge on any atom is -0.398 e. The highest BCUT2D eigenvalue weighted by atomic mass is 16.3. The summed E-state index contributed by atoms with van der Waals surface area (Å²) in [6.07, 6.45) is 0.127. The number of para-hydroxylation sites is 1. The van der Waals surface area contributed by atoms with E-state index in [1.54, 1.807) is 31.2 Å². The number of hydrogen-bond donors (Lipinski definition) is 4. The lowest BCUT2D eigenvalue weighted by Crippen LogP contribution is -2.52. The number of nitrogen functional groups attached to an aromatic ring is 1. The van der Waals surface area contributed by atoms with Gasteiger partial charge in [0.05, 0.1) is 25.2 Å². The van der Waals surface area contributed by atoms with E-state index >= 15 is 0 Å². The second-order valence-corrected chi connectivity index (χ2v) is 4.30. The van der Waals surface area contributed by atoms with Crippen LogP contribution in [-0.4, -0.2) is 34.9 Å². The molecule has 1 amide bonds. The van der Waals surface area contributed by atoms with E-state index in [0.29, 0.717) is 5.69 Å². The minimum absolute atomic E-state index is 0.127. The summed E-state index contributed by atoms with van der Waals surface area (Å²) < 4.78 is 0. The highest BCUT2D eigenvalue weighted by Gasteiger charge is 2.24. The van der Waals surface area contributed by atoms with Gasteiger partial charge in [0.25, 0.3) is 0 Å². The summed E-state index contributed by atoms with van der Waals surface area (Å²) in [6, 6.07) is 7.09. The number of anilines is 1. The molecule has 0 aliphatic heterocycles. The number of nitrogens with two attached hydrogens (primary N) is 1. The molecule has 17 heavy (non-hydrogen) atoms. The highest BCUT2D eigenvalue weighted by molar-refractivity contribution is 5.80. The summed E-state index contributed by atoms with van der Waals surface area (Å²) in [6.45, 7) is 0.929. The lowest BCUT2D eigenvalue weighted by Gasteiger charge is -2.26. The van der Waals surface area contributed by atoms with E-state index in [1.807, 2.05) is 0 Å². The zero-order chi connectivity index (χ0) is 12.9. The third kappa shape index (κ3) is 3.72. The average Bonchev–Trinajstić information content (AvgIpc) is 2.32. The molecular formula is C12H18N2O3. The van der Waals surface area contributed by atoms with Crippen molar-refractivity contribution in [1.29, 1.82) is 0 Å². The van der Waals surface area contributed by atoms with Crippen molar-refractivity contribution in [2.24, 2.45) is 0 Å². The van der Waals surface area contributed by atoms with Crippen LogP contribution in [0.1, 0.15) is 12.5 Å². The van der Waals surface area contributed by atoms with E-state index in [0.717, 1.165) is 5.56 Å². The van der Waals surface area contributed by atoms with Gasteiger partial charge in [-0.2, -0.15) is 0 Å². The second-order valence-electron chi connectivity index (χ2n) is 4.30. The Morgan fingerprint density at radius 3 is 2.47 bits per heavy atom. The molecule has 5 heteroatoms. The molecule has 0 saturated carbocycles. The number of rotatable bonds is 5. The number of nitrogens with one attached hydrogen (secondary N) is 1. The van der Waals surface area contributed by atoms with E-state index in [2.05, 4.69) is 5.32 Å². The maximum absolute atomic E-state index is 11.7. The van der Waals surface area contributed by atoms with Crippen LogP contribution in [0, 0.1) is 0 Å². The largest absolute Gasteiger partial charge is 0.398 e. The van der Waals surface area contributed by atoms with Crippen LogP contribution < -0.4 is 11.1 Å². The third-order valence-electron chi connectivity index (χ3n) is 2.55. The molecule has 1 aromatic rings. The van der Waals surface area contributed by atoms with Crippen LogP contribution in [0.3, 0.4) is 0 Å². The van der Waals surface area contributed by atoms with Crippen molar-refractivity contribution in [3.63, 3.8) is 0 Å². The summed E-state index contributed by atoms with van der Waals surface area (Å²) in [5.41, 5.74) is 6.00. The summed E-state index contributed by atoms with van der Waals surface area (Å²) >= 11 is 0. The molecule has 5 nitrogen and oxygen atoms in total. The van der Waals surface area contributed by atoms with Crippen molar-refractivity contribution in [2.45, 2.75) is 18.9 Å².